The van der Waals surface area contributed by atoms with Crippen LogP contribution in [0.25, 0.3) is 11.3 Å². The lowest BCUT2D eigenvalue weighted by Gasteiger charge is -2.28. The van der Waals surface area contributed by atoms with Crippen LogP contribution in [-0.2, 0) is 54.4 Å². The molecule has 0 spiro atoms. The second-order valence-corrected chi connectivity index (χ2v) is 21.7. The van der Waals surface area contributed by atoms with E-state index in [0.29, 0.717) is 21.8 Å². The Morgan fingerprint density at radius 1 is 0.477 bits per heavy atom. The monoisotopic (exact) mass is 1250 g/mol. The minimum absolute atomic E-state index is 0.0212. The number of hydrogen-bond acceptors (Lipinski definition) is 19. The van der Waals surface area contributed by atoms with Gasteiger partial charge in [-0.05, 0) is 115 Å². The minimum Gasteiger partial charge on any atom is -0.391 e. The van der Waals surface area contributed by atoms with Crippen molar-refractivity contribution in [1.29, 1.82) is 0 Å². The number of halogens is 1. The van der Waals surface area contributed by atoms with E-state index in [1.807, 2.05) is 0 Å². The van der Waals surface area contributed by atoms with Crippen LogP contribution in [0.1, 0.15) is 82.6 Å². The Kier molecular flexibility index (Phi) is 31.5. The SMILES string of the molecule is CC(C)C[C@H](NC(=O)[C@@H](Cc1ccccc1)NC(=O)[C@H](CCN)NC(=O)[C@H](C)NC(=O)[C@H](CN)NC(=O)[C@@H](NC(=O)[C@H](CCN)NC(=O)c1ccnc(-c2cccc(Cl)c2)c1)[C@@H](C)O)C(=O)N[C@@H](CCN)C(=O)N[C@@H](CCN)C(=O)N[C@H](C(N)=O)[C@@H](C)O. The molecule has 12 atom stereocenters. The number of aromatic nitrogens is 1. The minimum atomic E-state index is -1.70. The number of pyridine rings is 1. The Labute approximate surface area is 515 Å². The number of nitrogens with zero attached hydrogens (tertiary/aromatic N) is 1. The molecule has 3 aromatic rings. The van der Waals surface area contributed by atoms with Crippen LogP contribution in [0.5, 0.6) is 0 Å². The lowest BCUT2D eigenvalue weighted by Crippen LogP contribution is -2.62. The van der Waals surface area contributed by atoms with Crippen LogP contribution < -0.4 is 87.6 Å². The lowest BCUT2D eigenvalue weighted by atomic mass is 10.00. The van der Waals surface area contributed by atoms with E-state index in [1.165, 1.54) is 39.1 Å². The van der Waals surface area contributed by atoms with Crippen LogP contribution in [0.4, 0.5) is 0 Å². The molecule has 1 heterocycles. The molecule has 0 unspecified atom stereocenters. The highest BCUT2D eigenvalue weighted by molar-refractivity contribution is 6.30. The van der Waals surface area contributed by atoms with Gasteiger partial charge in [0, 0.05) is 35.3 Å². The molecule has 2 aromatic carbocycles. The lowest BCUT2D eigenvalue weighted by molar-refractivity contribution is -0.136. The van der Waals surface area contributed by atoms with Gasteiger partial charge in [-0.25, -0.2) is 0 Å². The molecule has 1 aromatic heterocycles. The summed E-state index contributed by atoms with van der Waals surface area (Å²) in [5, 5.41) is 46.0. The summed E-state index contributed by atoms with van der Waals surface area (Å²) >= 11 is 6.14. The number of aliphatic hydroxyl groups is 2. The predicted molar refractivity (Wildman–Crippen MR) is 325 cm³/mol. The summed E-state index contributed by atoms with van der Waals surface area (Å²) in [5.41, 5.74) is 36.2. The first-order valence-corrected chi connectivity index (χ1v) is 29.0. The van der Waals surface area contributed by atoms with Gasteiger partial charge >= 0.3 is 0 Å². The Morgan fingerprint density at radius 2 is 0.920 bits per heavy atom. The number of carbonyl (C=O) groups excluding carboxylic acids is 11. The number of nitrogens with one attached hydrogen (secondary N) is 10. The van der Waals surface area contributed by atoms with E-state index in [1.54, 1.807) is 68.4 Å². The standard InChI is InChI=1S/C57H86ClN17O13/c1-29(2)24-42(54(85)70-38(15-20-60)50(81)69-40(17-22-62)52(83)74-45(31(4)76)47(64)78)71-55(86)43(25-33-10-7-6-8-11-33)72-51(82)37(14-19-59)67-48(79)30(3)66-56(87)44(28-63)73-57(88)46(32(5)77)75-53(84)39(16-21-61)68-49(80)35-18-23-65-41(27-35)34-12-9-13-36(58)26-34/h6-13,18,23,26-27,29-32,37-40,42-46,76-77H,14-17,19-22,24-25,28,59-63H2,1-5H3,(H2,64,78)(H,66,87)(H,67,79)(H,68,80)(H,69,81)(H,70,85)(H,71,86)(H,72,82)(H,73,88)(H,74,83)(H,75,84)/t30-,31+,32+,37-,38-,39-,40-,42-,43+,44-,45-,46-/m0/s1. The quantitative estimate of drug-likeness (QED) is 0.0256. The van der Waals surface area contributed by atoms with Crippen LogP contribution in [0, 0.1) is 5.92 Å². The van der Waals surface area contributed by atoms with Crippen LogP contribution in [0.2, 0.25) is 5.02 Å². The van der Waals surface area contributed by atoms with Crippen molar-refractivity contribution in [3.05, 3.63) is 89.1 Å². The zero-order valence-corrected chi connectivity index (χ0v) is 50.6. The molecule has 11 amide bonds. The van der Waals surface area contributed by atoms with Gasteiger partial charge in [-0.2, -0.15) is 0 Å². The number of hydrogen-bond donors (Lipinski definition) is 18. The van der Waals surface area contributed by atoms with Crippen LogP contribution in [-0.4, -0.2) is 186 Å². The van der Waals surface area contributed by atoms with Crippen molar-refractivity contribution in [2.45, 2.75) is 146 Å². The predicted octanol–water partition coefficient (Wildman–Crippen LogP) is -5.23. The van der Waals surface area contributed by atoms with Crippen molar-refractivity contribution in [1.82, 2.24) is 58.2 Å². The molecule has 31 heteroatoms. The summed E-state index contributed by atoms with van der Waals surface area (Å²) < 4.78 is 0. The smallest absolute Gasteiger partial charge is 0.252 e. The summed E-state index contributed by atoms with van der Waals surface area (Å²) in [6, 6.07) is 3.83. The molecule has 0 bridgehead atoms. The maximum atomic E-state index is 14.4. The van der Waals surface area contributed by atoms with Crippen LogP contribution >= 0.6 is 11.6 Å². The molecule has 484 valence electrons. The molecule has 0 saturated carbocycles. The molecule has 0 saturated heterocycles. The molecule has 0 aliphatic carbocycles. The molecule has 30 nitrogen and oxygen atoms in total. The average Bonchev–Trinajstić information content (AvgIpc) is 2.57. The maximum Gasteiger partial charge on any atom is 0.252 e. The van der Waals surface area contributed by atoms with Gasteiger partial charge < -0.3 is 97.8 Å². The first-order valence-electron chi connectivity index (χ1n) is 28.6. The zero-order valence-electron chi connectivity index (χ0n) is 49.9. The second-order valence-electron chi connectivity index (χ2n) is 21.3. The van der Waals surface area contributed by atoms with E-state index >= 15 is 0 Å². The van der Waals surface area contributed by atoms with Gasteiger partial charge in [0.1, 0.15) is 60.4 Å². The molecule has 0 fully saturated rings. The highest BCUT2D eigenvalue weighted by atomic mass is 35.5. The van der Waals surface area contributed by atoms with E-state index in [0.717, 1.165) is 0 Å². The van der Waals surface area contributed by atoms with Crippen molar-refractivity contribution < 1.29 is 63.0 Å². The highest BCUT2D eigenvalue weighted by Crippen LogP contribution is 2.22. The molecule has 0 aliphatic rings. The maximum absolute atomic E-state index is 14.4. The Hall–Kier alpha value is -8.23. The third-order valence-electron chi connectivity index (χ3n) is 13.5. The molecular formula is C57H86ClN17O13. The Balaban J connectivity index is 1.75. The van der Waals surface area contributed by atoms with E-state index in [4.69, 9.17) is 46.0 Å². The van der Waals surface area contributed by atoms with Gasteiger partial charge in [0.2, 0.25) is 59.1 Å². The molecular weight excluding hydrogens is 1170 g/mol. The summed E-state index contributed by atoms with van der Waals surface area (Å²) in [5.74, 6) is -10.2. The van der Waals surface area contributed by atoms with Gasteiger partial charge in [0.25, 0.3) is 5.91 Å². The molecule has 0 radical (unpaired) electrons. The van der Waals surface area contributed by atoms with Gasteiger partial charge in [-0.3, -0.25) is 57.7 Å². The largest absolute Gasteiger partial charge is 0.391 e. The van der Waals surface area contributed by atoms with E-state index in [9.17, 15) is 63.0 Å². The van der Waals surface area contributed by atoms with Gasteiger partial charge in [0.15, 0.2) is 0 Å². The zero-order chi connectivity index (χ0) is 65.8. The first kappa shape index (κ1) is 74.0. The number of amides is 11. The normalized spacial score (nSPS) is 15.2. The van der Waals surface area contributed by atoms with E-state index in [2.05, 4.69) is 58.2 Å². The molecule has 3 rings (SSSR count). The van der Waals surface area contributed by atoms with Crippen molar-refractivity contribution in [3.63, 3.8) is 0 Å². The molecule has 0 aliphatic heterocycles. The number of nitrogens with two attached hydrogens (primary N) is 6. The number of benzene rings is 2. The number of rotatable bonds is 37. The average molecular weight is 1250 g/mol. The topological polar surface area (TPSA) is 518 Å². The van der Waals surface area contributed by atoms with Gasteiger partial charge in [0.05, 0.1) is 17.9 Å². The van der Waals surface area contributed by atoms with Crippen LogP contribution in [0.15, 0.2) is 72.9 Å². The first-order chi connectivity index (χ1) is 41.7. The number of primary amides is 1. The fourth-order valence-electron chi connectivity index (χ4n) is 8.72. The Bertz CT molecular complexity index is 2850. The molecule has 88 heavy (non-hydrogen) atoms. The van der Waals surface area contributed by atoms with Crippen LogP contribution in [0.3, 0.4) is 0 Å². The van der Waals surface area contributed by atoms with E-state index < -0.39 is 144 Å². The number of aliphatic hydroxyl groups excluding tert-OH is 2. The fraction of sp³-hybridized carbons (Fsp3) is 0.509. The van der Waals surface area contributed by atoms with Crippen molar-refractivity contribution in [2.24, 2.45) is 40.3 Å². The van der Waals surface area contributed by atoms with Crippen molar-refractivity contribution in [2.75, 3.05) is 32.7 Å². The van der Waals surface area contributed by atoms with Gasteiger partial charge in [-0.1, -0.05) is 67.9 Å². The van der Waals surface area contributed by atoms with Crippen molar-refractivity contribution in [3.8, 4) is 11.3 Å². The summed E-state index contributed by atoms with van der Waals surface area (Å²) in [7, 11) is 0. The van der Waals surface area contributed by atoms with Crippen molar-refractivity contribution >= 4 is 76.6 Å². The third kappa shape index (κ3) is 24.1. The third-order valence-corrected chi connectivity index (χ3v) is 13.7. The summed E-state index contributed by atoms with van der Waals surface area (Å²) in [6.45, 7) is 6.21. The number of carbonyl (C=O) groups is 11. The second kappa shape index (κ2) is 37.5. The van der Waals surface area contributed by atoms with Gasteiger partial charge in [-0.15, -0.1) is 0 Å². The highest BCUT2D eigenvalue weighted by Gasteiger charge is 2.36. The summed E-state index contributed by atoms with van der Waals surface area (Å²) in [4.78, 5) is 154. The summed E-state index contributed by atoms with van der Waals surface area (Å²) in [6.07, 6.45) is -2.20. The fourth-order valence-corrected chi connectivity index (χ4v) is 8.91. The molecule has 24 N–H and O–H groups in total. The van der Waals surface area contributed by atoms with E-state index in [-0.39, 0.29) is 76.2 Å². The Morgan fingerprint density at radius 3 is 1.41 bits per heavy atom.